The monoisotopic (exact) mass is 374 g/mol. The van der Waals surface area contributed by atoms with Crippen LogP contribution in [-0.4, -0.2) is 31.2 Å². The first-order valence-corrected chi connectivity index (χ1v) is 8.74. The van der Waals surface area contributed by atoms with Gasteiger partial charge in [-0.3, -0.25) is 4.79 Å². The van der Waals surface area contributed by atoms with Gasteiger partial charge >= 0.3 is 0 Å². The van der Waals surface area contributed by atoms with Gasteiger partial charge < -0.3 is 15.8 Å². The molecule has 1 aliphatic rings. The van der Waals surface area contributed by atoms with E-state index in [2.05, 4.69) is 19.2 Å². The summed E-state index contributed by atoms with van der Waals surface area (Å²) < 4.78 is 5.31. The predicted octanol–water partition coefficient (Wildman–Crippen LogP) is 3.44. The minimum Gasteiger partial charge on any atom is -0.381 e. The molecule has 1 aromatic carbocycles. The van der Waals surface area contributed by atoms with Crippen molar-refractivity contribution >= 4 is 29.9 Å². The fourth-order valence-electron chi connectivity index (χ4n) is 3.20. The Morgan fingerprint density at radius 3 is 2.29 bits per heavy atom. The average Bonchev–Trinajstić information content (AvgIpc) is 2.58. The molecule has 136 valence electrons. The van der Waals surface area contributed by atoms with Crippen molar-refractivity contribution in [3.63, 3.8) is 0 Å². The lowest BCUT2D eigenvalue weighted by molar-refractivity contribution is -0.130. The number of amides is 1. The quantitative estimate of drug-likeness (QED) is 0.801. The van der Waals surface area contributed by atoms with E-state index in [0.29, 0.717) is 32.6 Å². The second-order valence-corrected chi connectivity index (χ2v) is 6.88. The maximum absolute atomic E-state index is 12.6. The maximum atomic E-state index is 12.6. The maximum Gasteiger partial charge on any atom is 0.240 e. The number of hydrogen-bond donors (Lipinski definition) is 2. The van der Waals surface area contributed by atoms with Crippen LogP contribution in [0.4, 0.5) is 0 Å². The third kappa shape index (κ3) is 4.63. The van der Waals surface area contributed by atoms with E-state index in [-0.39, 0.29) is 23.7 Å². The minimum atomic E-state index is -0.800. The molecule has 0 aliphatic carbocycles. The molecule has 1 aliphatic heterocycles. The van der Waals surface area contributed by atoms with E-state index in [0.717, 1.165) is 17.9 Å². The lowest BCUT2D eigenvalue weighted by Crippen LogP contribution is -2.58. The molecule has 0 spiro atoms. The molecule has 24 heavy (non-hydrogen) atoms. The van der Waals surface area contributed by atoms with Crippen LogP contribution < -0.4 is 11.1 Å². The van der Waals surface area contributed by atoms with Crippen molar-refractivity contribution in [1.82, 2.24) is 5.32 Å². The van der Waals surface area contributed by atoms with E-state index in [4.69, 9.17) is 22.1 Å². The molecule has 0 saturated carbocycles. The van der Waals surface area contributed by atoms with Gasteiger partial charge in [-0.1, -0.05) is 37.6 Å². The number of halogens is 2. The number of nitrogens with one attached hydrogen (secondary N) is 1. The summed E-state index contributed by atoms with van der Waals surface area (Å²) in [6, 6.07) is 7.91. The van der Waals surface area contributed by atoms with E-state index in [9.17, 15) is 4.79 Å². The van der Waals surface area contributed by atoms with Crippen molar-refractivity contribution in [3.8, 4) is 0 Å². The number of carbonyl (C=O) groups excluding carboxylic acids is 1. The Hall–Kier alpha value is -0.810. The zero-order valence-electron chi connectivity index (χ0n) is 14.4. The molecule has 1 heterocycles. The number of carbonyl (C=O) groups is 1. The number of ether oxygens (including phenoxy) is 1. The zero-order chi connectivity index (χ0) is 16.9. The van der Waals surface area contributed by atoms with Crippen molar-refractivity contribution in [2.24, 2.45) is 5.73 Å². The molecule has 3 N–H and O–H groups in total. The molecule has 4 nitrogen and oxygen atoms in total. The zero-order valence-corrected chi connectivity index (χ0v) is 16.0. The fraction of sp³-hybridized carbons (Fsp3) is 0.611. The number of rotatable bonds is 6. The Balaban J connectivity index is 0.00000288. The van der Waals surface area contributed by atoms with Gasteiger partial charge in [-0.05, 0) is 43.4 Å². The first-order chi connectivity index (χ1) is 11.0. The first kappa shape index (κ1) is 21.2. The van der Waals surface area contributed by atoms with Gasteiger partial charge in [0.25, 0.3) is 0 Å². The van der Waals surface area contributed by atoms with Crippen LogP contribution in [0.25, 0.3) is 0 Å². The summed E-state index contributed by atoms with van der Waals surface area (Å²) in [5.74, 6) is -0.0685. The highest BCUT2D eigenvalue weighted by molar-refractivity contribution is 6.30. The van der Waals surface area contributed by atoms with Crippen molar-refractivity contribution in [2.75, 3.05) is 19.8 Å². The van der Waals surface area contributed by atoms with Crippen molar-refractivity contribution in [2.45, 2.75) is 50.5 Å². The SMILES string of the molecule is CCC(CC)(CNC(=O)C1(N)CCOCC1)c1ccc(Cl)cc1.Cl. The van der Waals surface area contributed by atoms with E-state index in [1.54, 1.807) is 0 Å². The minimum absolute atomic E-state index is 0. The van der Waals surface area contributed by atoms with Gasteiger partial charge in [0.1, 0.15) is 0 Å². The molecule has 6 heteroatoms. The molecule has 0 radical (unpaired) electrons. The third-order valence-electron chi connectivity index (χ3n) is 5.23. The second-order valence-electron chi connectivity index (χ2n) is 6.45. The number of hydrogen-bond acceptors (Lipinski definition) is 3. The highest BCUT2D eigenvalue weighted by Crippen LogP contribution is 2.32. The van der Waals surface area contributed by atoms with Crippen LogP contribution in [0.15, 0.2) is 24.3 Å². The lowest BCUT2D eigenvalue weighted by atomic mass is 9.75. The van der Waals surface area contributed by atoms with Gasteiger partial charge in [0, 0.05) is 30.2 Å². The van der Waals surface area contributed by atoms with Gasteiger partial charge in [-0.2, -0.15) is 0 Å². The van der Waals surface area contributed by atoms with Crippen molar-refractivity contribution in [1.29, 1.82) is 0 Å². The molecular formula is C18H28Cl2N2O2. The van der Waals surface area contributed by atoms with E-state index >= 15 is 0 Å². The number of benzene rings is 1. The summed E-state index contributed by atoms with van der Waals surface area (Å²) in [7, 11) is 0. The first-order valence-electron chi connectivity index (χ1n) is 8.37. The van der Waals surface area contributed by atoms with Crippen LogP contribution in [0.5, 0.6) is 0 Å². The Morgan fingerprint density at radius 1 is 1.25 bits per heavy atom. The Labute approximate surface area is 155 Å². The smallest absolute Gasteiger partial charge is 0.240 e. The number of nitrogens with two attached hydrogens (primary N) is 1. The average molecular weight is 375 g/mol. The Kier molecular flexibility index (Phi) is 8.00. The van der Waals surface area contributed by atoms with E-state index in [1.807, 2.05) is 24.3 Å². The fourth-order valence-corrected chi connectivity index (χ4v) is 3.33. The van der Waals surface area contributed by atoms with Crippen LogP contribution in [-0.2, 0) is 14.9 Å². The molecule has 1 aromatic rings. The Bertz CT molecular complexity index is 524. The molecule has 0 bridgehead atoms. The van der Waals surface area contributed by atoms with E-state index < -0.39 is 5.54 Å². The summed E-state index contributed by atoms with van der Waals surface area (Å²) in [5.41, 5.74) is 6.57. The largest absolute Gasteiger partial charge is 0.381 e. The second kappa shape index (κ2) is 9.04. The van der Waals surface area contributed by atoms with Gasteiger partial charge in [-0.25, -0.2) is 0 Å². The summed E-state index contributed by atoms with van der Waals surface area (Å²) >= 11 is 6.00. The summed E-state index contributed by atoms with van der Waals surface area (Å²) in [4.78, 5) is 12.6. The molecule has 0 aromatic heterocycles. The summed E-state index contributed by atoms with van der Waals surface area (Å²) in [6.45, 7) is 5.98. The van der Waals surface area contributed by atoms with Crippen LogP contribution >= 0.6 is 24.0 Å². The molecule has 1 saturated heterocycles. The Morgan fingerprint density at radius 2 is 1.79 bits per heavy atom. The van der Waals surface area contributed by atoms with Crippen LogP contribution in [0.1, 0.15) is 45.1 Å². The molecule has 0 unspecified atom stereocenters. The van der Waals surface area contributed by atoms with Gasteiger partial charge in [-0.15, -0.1) is 12.4 Å². The summed E-state index contributed by atoms with van der Waals surface area (Å²) in [6.07, 6.45) is 3.02. The standard InChI is InChI=1S/C18H27ClN2O2.ClH/c1-3-17(4-2,14-5-7-15(19)8-6-14)13-21-16(22)18(20)9-11-23-12-10-18;/h5-8H,3-4,9-13,20H2,1-2H3,(H,21,22);1H. The predicted molar refractivity (Wildman–Crippen MR) is 101 cm³/mol. The highest BCUT2D eigenvalue weighted by atomic mass is 35.5. The third-order valence-corrected chi connectivity index (χ3v) is 5.49. The topological polar surface area (TPSA) is 64.4 Å². The lowest BCUT2D eigenvalue weighted by Gasteiger charge is -2.36. The van der Waals surface area contributed by atoms with Crippen molar-refractivity contribution < 1.29 is 9.53 Å². The van der Waals surface area contributed by atoms with E-state index in [1.165, 1.54) is 5.56 Å². The molecule has 1 amide bonds. The summed E-state index contributed by atoms with van der Waals surface area (Å²) in [5, 5.41) is 3.82. The molecule has 0 atom stereocenters. The van der Waals surface area contributed by atoms with Crippen LogP contribution in [0.3, 0.4) is 0 Å². The van der Waals surface area contributed by atoms with Gasteiger partial charge in [0.15, 0.2) is 0 Å². The molecule has 1 fully saturated rings. The highest BCUT2D eigenvalue weighted by Gasteiger charge is 2.37. The van der Waals surface area contributed by atoms with Gasteiger partial charge in [0.2, 0.25) is 5.91 Å². The molecule has 2 rings (SSSR count). The van der Waals surface area contributed by atoms with Crippen LogP contribution in [0.2, 0.25) is 5.02 Å². The van der Waals surface area contributed by atoms with Crippen LogP contribution in [0, 0.1) is 0 Å². The van der Waals surface area contributed by atoms with Crippen molar-refractivity contribution in [3.05, 3.63) is 34.9 Å². The van der Waals surface area contributed by atoms with Gasteiger partial charge in [0.05, 0.1) is 5.54 Å². The molecular weight excluding hydrogens is 347 g/mol. The normalized spacial score (nSPS) is 17.0.